The van der Waals surface area contributed by atoms with E-state index in [0.29, 0.717) is 23.8 Å². The van der Waals surface area contributed by atoms with Crippen molar-refractivity contribution < 1.29 is 4.79 Å². The third-order valence-corrected chi connectivity index (χ3v) is 4.15. The van der Waals surface area contributed by atoms with Gasteiger partial charge in [0.2, 0.25) is 0 Å². The Kier molecular flexibility index (Phi) is 5.45. The average Bonchev–Trinajstić information content (AvgIpc) is 2.93. The molecule has 1 unspecified atom stereocenters. The van der Waals surface area contributed by atoms with Crippen LogP contribution in [-0.2, 0) is 7.05 Å². The van der Waals surface area contributed by atoms with Gasteiger partial charge >= 0.3 is 0 Å². The maximum atomic E-state index is 12.8. The highest BCUT2D eigenvalue weighted by molar-refractivity contribution is 6.31. The summed E-state index contributed by atoms with van der Waals surface area (Å²) in [6.07, 6.45) is 1.64. The predicted molar refractivity (Wildman–Crippen MR) is 88.6 cm³/mol. The number of carbonyl (C=O) groups is 1. The van der Waals surface area contributed by atoms with Crippen LogP contribution in [0.15, 0.2) is 36.5 Å². The van der Waals surface area contributed by atoms with Crippen molar-refractivity contribution in [3.63, 3.8) is 0 Å². The number of nitrogens with zero attached hydrogens (tertiary/aromatic N) is 3. The topological polar surface area (TPSA) is 50.2 Å². The van der Waals surface area contributed by atoms with Crippen molar-refractivity contribution in [3.8, 4) is 0 Å². The van der Waals surface area contributed by atoms with Gasteiger partial charge < -0.3 is 10.2 Å². The quantitative estimate of drug-likeness (QED) is 0.912. The lowest BCUT2D eigenvalue weighted by Gasteiger charge is -2.36. The van der Waals surface area contributed by atoms with Gasteiger partial charge in [-0.05, 0) is 17.7 Å². The van der Waals surface area contributed by atoms with Crippen LogP contribution in [0.3, 0.4) is 0 Å². The Balaban J connectivity index is 0.00000176. The summed E-state index contributed by atoms with van der Waals surface area (Å²) in [6, 6.07) is 9.36. The second-order valence-electron chi connectivity index (χ2n) is 5.08. The molecule has 5 nitrogen and oxygen atoms in total. The maximum Gasteiger partial charge on any atom is 0.272 e. The van der Waals surface area contributed by atoms with Crippen LogP contribution in [0.4, 0.5) is 0 Å². The number of aryl methyl sites for hydroxylation is 1. The zero-order valence-electron chi connectivity index (χ0n) is 12.2. The van der Waals surface area contributed by atoms with Crippen LogP contribution in [0, 0.1) is 0 Å². The van der Waals surface area contributed by atoms with Gasteiger partial charge in [-0.1, -0.05) is 29.8 Å². The van der Waals surface area contributed by atoms with Crippen molar-refractivity contribution in [1.82, 2.24) is 20.0 Å². The van der Waals surface area contributed by atoms with E-state index in [2.05, 4.69) is 10.4 Å². The zero-order chi connectivity index (χ0) is 14.8. The molecule has 1 aliphatic rings. The summed E-state index contributed by atoms with van der Waals surface area (Å²) in [4.78, 5) is 14.6. The van der Waals surface area contributed by atoms with Crippen molar-refractivity contribution in [2.75, 3.05) is 19.6 Å². The minimum atomic E-state index is -0.0603. The Morgan fingerprint density at radius 2 is 2.14 bits per heavy atom. The second kappa shape index (κ2) is 7.13. The van der Waals surface area contributed by atoms with E-state index in [1.165, 1.54) is 0 Å². The molecule has 1 N–H and O–H groups in total. The number of carbonyl (C=O) groups excluding carboxylic acids is 1. The molecule has 1 atom stereocenters. The highest BCUT2D eigenvalue weighted by Crippen LogP contribution is 2.29. The first-order valence-electron chi connectivity index (χ1n) is 6.92. The third-order valence-electron chi connectivity index (χ3n) is 3.81. The zero-order valence-corrected chi connectivity index (χ0v) is 13.8. The molecular weight excluding hydrogens is 323 g/mol. The minimum Gasteiger partial charge on any atom is -0.328 e. The molecule has 0 aliphatic carbocycles. The fourth-order valence-corrected chi connectivity index (χ4v) is 2.96. The van der Waals surface area contributed by atoms with Gasteiger partial charge in [0.1, 0.15) is 5.69 Å². The third kappa shape index (κ3) is 3.11. The SMILES string of the molecule is Cl.Cn1nccc1C(=O)N1CCNCC1c1ccccc1Cl. The van der Waals surface area contributed by atoms with Crippen LogP contribution in [0.2, 0.25) is 5.02 Å². The fourth-order valence-electron chi connectivity index (χ4n) is 2.70. The molecule has 1 saturated heterocycles. The van der Waals surface area contributed by atoms with Gasteiger partial charge in [-0.3, -0.25) is 9.48 Å². The standard InChI is InChI=1S/C15H17ClN4O.ClH/c1-19-13(6-7-18-19)15(21)20-9-8-17-10-14(20)11-4-2-3-5-12(11)16;/h2-7,14,17H,8-10H2,1H3;1H. The van der Waals surface area contributed by atoms with E-state index in [4.69, 9.17) is 11.6 Å². The van der Waals surface area contributed by atoms with Crippen molar-refractivity contribution in [1.29, 1.82) is 0 Å². The summed E-state index contributed by atoms with van der Waals surface area (Å²) in [5, 5.41) is 8.09. The number of rotatable bonds is 2. The number of hydrogen-bond donors (Lipinski definition) is 1. The Morgan fingerprint density at radius 1 is 1.36 bits per heavy atom. The molecule has 1 aromatic heterocycles. The molecule has 7 heteroatoms. The van der Waals surface area contributed by atoms with E-state index in [0.717, 1.165) is 12.1 Å². The first-order chi connectivity index (χ1) is 10.2. The number of halogens is 2. The van der Waals surface area contributed by atoms with E-state index < -0.39 is 0 Å². The van der Waals surface area contributed by atoms with Crippen LogP contribution in [-0.4, -0.2) is 40.2 Å². The number of amides is 1. The molecule has 0 bridgehead atoms. The van der Waals surface area contributed by atoms with Crippen molar-refractivity contribution in [3.05, 3.63) is 52.8 Å². The van der Waals surface area contributed by atoms with Crippen molar-refractivity contribution >= 4 is 29.9 Å². The van der Waals surface area contributed by atoms with E-state index in [-0.39, 0.29) is 24.4 Å². The lowest BCUT2D eigenvalue weighted by atomic mass is 10.0. The van der Waals surface area contributed by atoms with E-state index in [9.17, 15) is 4.79 Å². The van der Waals surface area contributed by atoms with E-state index >= 15 is 0 Å². The molecule has 0 radical (unpaired) electrons. The van der Waals surface area contributed by atoms with Gasteiger partial charge in [-0.25, -0.2) is 0 Å². The maximum absolute atomic E-state index is 12.8. The Labute approximate surface area is 140 Å². The van der Waals surface area contributed by atoms with Gasteiger partial charge in [-0.15, -0.1) is 12.4 Å². The normalized spacial score (nSPS) is 17.9. The van der Waals surface area contributed by atoms with Crippen molar-refractivity contribution in [2.45, 2.75) is 6.04 Å². The highest BCUT2D eigenvalue weighted by Gasteiger charge is 2.30. The molecular formula is C15H18Cl2N4O. The first kappa shape index (κ1) is 16.8. The Bertz CT molecular complexity index is 658. The molecule has 1 fully saturated rings. The lowest BCUT2D eigenvalue weighted by Crippen LogP contribution is -2.49. The van der Waals surface area contributed by atoms with Crippen LogP contribution in [0.1, 0.15) is 22.1 Å². The van der Waals surface area contributed by atoms with Crippen molar-refractivity contribution in [2.24, 2.45) is 7.05 Å². The summed E-state index contributed by atoms with van der Waals surface area (Å²) in [6.45, 7) is 2.14. The Morgan fingerprint density at radius 3 is 2.82 bits per heavy atom. The number of nitrogens with one attached hydrogen (secondary N) is 1. The van der Waals surface area contributed by atoms with Crippen LogP contribution < -0.4 is 5.32 Å². The fraction of sp³-hybridized carbons (Fsp3) is 0.333. The molecule has 2 heterocycles. The predicted octanol–water partition coefficient (Wildman–Crippen LogP) is 2.28. The van der Waals surface area contributed by atoms with Gasteiger partial charge in [0, 0.05) is 37.9 Å². The number of hydrogen-bond acceptors (Lipinski definition) is 3. The van der Waals surface area contributed by atoms with Crippen LogP contribution in [0.25, 0.3) is 0 Å². The summed E-state index contributed by atoms with van der Waals surface area (Å²) in [5.74, 6) is -0.0126. The average molecular weight is 341 g/mol. The number of aromatic nitrogens is 2. The Hall–Kier alpha value is -1.56. The van der Waals surface area contributed by atoms with Crippen LogP contribution >= 0.6 is 24.0 Å². The molecule has 0 saturated carbocycles. The van der Waals surface area contributed by atoms with E-state index in [1.807, 2.05) is 29.2 Å². The minimum absolute atomic E-state index is 0. The van der Waals surface area contributed by atoms with E-state index in [1.54, 1.807) is 24.0 Å². The number of piperazine rings is 1. The molecule has 1 amide bonds. The molecule has 1 aliphatic heterocycles. The molecule has 3 rings (SSSR count). The summed E-state index contributed by atoms with van der Waals surface area (Å²) in [7, 11) is 1.78. The highest BCUT2D eigenvalue weighted by atomic mass is 35.5. The summed E-state index contributed by atoms with van der Waals surface area (Å²) in [5.41, 5.74) is 1.57. The second-order valence-corrected chi connectivity index (χ2v) is 5.49. The molecule has 0 spiro atoms. The van der Waals surface area contributed by atoms with Gasteiger partial charge in [0.25, 0.3) is 5.91 Å². The van der Waals surface area contributed by atoms with Gasteiger partial charge in [0.05, 0.1) is 6.04 Å². The number of benzene rings is 1. The largest absolute Gasteiger partial charge is 0.328 e. The monoisotopic (exact) mass is 340 g/mol. The van der Waals surface area contributed by atoms with Gasteiger partial charge in [0.15, 0.2) is 0 Å². The molecule has 118 valence electrons. The van der Waals surface area contributed by atoms with Gasteiger partial charge in [-0.2, -0.15) is 5.10 Å². The molecule has 1 aromatic carbocycles. The lowest BCUT2D eigenvalue weighted by molar-refractivity contribution is 0.0623. The summed E-state index contributed by atoms with van der Waals surface area (Å²) >= 11 is 6.30. The van der Waals surface area contributed by atoms with Crippen LogP contribution in [0.5, 0.6) is 0 Å². The molecule has 22 heavy (non-hydrogen) atoms. The summed E-state index contributed by atoms with van der Waals surface area (Å²) < 4.78 is 1.61. The smallest absolute Gasteiger partial charge is 0.272 e. The molecule has 2 aromatic rings. The first-order valence-corrected chi connectivity index (χ1v) is 7.30.